The maximum atomic E-state index is 13.5. The van der Waals surface area contributed by atoms with Crippen molar-refractivity contribution in [3.8, 4) is 0 Å². The number of hydrogen-bond donors (Lipinski definition) is 1. The second kappa shape index (κ2) is 6.11. The van der Waals surface area contributed by atoms with Gasteiger partial charge < -0.3 is 9.73 Å². The molecule has 118 valence electrons. The first-order valence-electron chi connectivity index (χ1n) is 6.72. The highest BCUT2D eigenvalue weighted by atomic mass is 79.9. The van der Waals surface area contributed by atoms with Gasteiger partial charge in [0, 0.05) is 19.6 Å². The average Bonchev–Trinajstić information content (AvgIpc) is 2.95. The Labute approximate surface area is 136 Å². The second-order valence-corrected chi connectivity index (χ2v) is 7.55. The summed E-state index contributed by atoms with van der Waals surface area (Å²) in [6, 6.07) is 8.46. The second-order valence-electron chi connectivity index (χ2n) is 4.95. The Morgan fingerprint density at radius 2 is 2.14 bits per heavy atom. The third kappa shape index (κ3) is 2.96. The first kappa shape index (κ1) is 15.7. The Morgan fingerprint density at radius 3 is 2.82 bits per heavy atom. The highest BCUT2D eigenvalue weighted by Crippen LogP contribution is 2.30. The summed E-state index contributed by atoms with van der Waals surface area (Å²) in [4.78, 5) is 0. The van der Waals surface area contributed by atoms with Gasteiger partial charge in [-0.05, 0) is 45.8 Å². The van der Waals surface area contributed by atoms with Crippen LogP contribution in [0.2, 0.25) is 0 Å². The SMILES string of the molecule is O=S(=O)(c1ccc(Br)o1)N1CCNCC1c1cccc(F)c1. The summed E-state index contributed by atoms with van der Waals surface area (Å²) in [5.41, 5.74) is 0.612. The molecule has 1 fully saturated rings. The Morgan fingerprint density at radius 1 is 1.32 bits per heavy atom. The van der Waals surface area contributed by atoms with E-state index in [1.165, 1.54) is 28.6 Å². The first-order chi connectivity index (χ1) is 10.5. The molecule has 0 radical (unpaired) electrons. The molecule has 0 spiro atoms. The first-order valence-corrected chi connectivity index (χ1v) is 8.95. The van der Waals surface area contributed by atoms with Gasteiger partial charge in [0.1, 0.15) is 5.82 Å². The van der Waals surface area contributed by atoms with Gasteiger partial charge in [-0.2, -0.15) is 4.31 Å². The van der Waals surface area contributed by atoms with E-state index in [-0.39, 0.29) is 10.9 Å². The molecule has 22 heavy (non-hydrogen) atoms. The zero-order valence-electron chi connectivity index (χ0n) is 11.5. The van der Waals surface area contributed by atoms with E-state index in [1.54, 1.807) is 12.1 Å². The van der Waals surface area contributed by atoms with Gasteiger partial charge in [-0.25, -0.2) is 12.8 Å². The summed E-state index contributed by atoms with van der Waals surface area (Å²) in [5.74, 6) is -0.388. The average molecular weight is 389 g/mol. The van der Waals surface area contributed by atoms with E-state index in [1.807, 2.05) is 0 Å². The number of rotatable bonds is 3. The number of halogens is 2. The molecule has 1 aromatic carbocycles. The molecule has 2 heterocycles. The zero-order valence-corrected chi connectivity index (χ0v) is 13.9. The van der Waals surface area contributed by atoms with E-state index in [0.717, 1.165) is 0 Å². The van der Waals surface area contributed by atoms with Crippen molar-refractivity contribution in [2.45, 2.75) is 11.1 Å². The smallest absolute Gasteiger partial charge is 0.277 e. The highest BCUT2D eigenvalue weighted by Gasteiger charge is 2.36. The van der Waals surface area contributed by atoms with Crippen LogP contribution < -0.4 is 5.32 Å². The molecular weight excluding hydrogens is 375 g/mol. The number of nitrogens with zero attached hydrogens (tertiary/aromatic N) is 1. The third-order valence-electron chi connectivity index (χ3n) is 3.54. The quantitative estimate of drug-likeness (QED) is 0.877. The molecule has 0 bridgehead atoms. The van der Waals surface area contributed by atoms with Crippen molar-refractivity contribution >= 4 is 26.0 Å². The fourth-order valence-electron chi connectivity index (χ4n) is 2.52. The van der Waals surface area contributed by atoms with Crippen molar-refractivity contribution in [1.29, 1.82) is 0 Å². The lowest BCUT2D eigenvalue weighted by atomic mass is 10.1. The number of benzene rings is 1. The van der Waals surface area contributed by atoms with Gasteiger partial charge in [-0.3, -0.25) is 0 Å². The topological polar surface area (TPSA) is 62.6 Å². The van der Waals surface area contributed by atoms with Crippen LogP contribution in [0.25, 0.3) is 0 Å². The molecule has 5 nitrogen and oxygen atoms in total. The van der Waals surface area contributed by atoms with Gasteiger partial charge in [0.05, 0.1) is 6.04 Å². The van der Waals surface area contributed by atoms with Crippen LogP contribution in [0.4, 0.5) is 4.39 Å². The monoisotopic (exact) mass is 388 g/mol. The summed E-state index contributed by atoms with van der Waals surface area (Å²) >= 11 is 3.11. The fraction of sp³-hybridized carbons (Fsp3) is 0.286. The van der Waals surface area contributed by atoms with Gasteiger partial charge >= 0.3 is 0 Å². The van der Waals surface area contributed by atoms with Gasteiger partial charge in [0.2, 0.25) is 5.09 Å². The number of piperazine rings is 1. The summed E-state index contributed by atoms with van der Waals surface area (Å²) in [5, 5.41) is 3.02. The maximum absolute atomic E-state index is 13.5. The van der Waals surface area contributed by atoms with Crippen LogP contribution in [0.1, 0.15) is 11.6 Å². The largest absolute Gasteiger partial charge is 0.437 e. The molecule has 2 aromatic rings. The van der Waals surface area contributed by atoms with Crippen LogP contribution in [0.5, 0.6) is 0 Å². The Balaban J connectivity index is 1.99. The molecule has 1 unspecified atom stereocenters. The van der Waals surface area contributed by atoms with E-state index in [2.05, 4.69) is 21.2 Å². The predicted octanol–water partition coefficient (Wildman–Crippen LogP) is 2.52. The van der Waals surface area contributed by atoms with E-state index in [4.69, 9.17) is 4.42 Å². The van der Waals surface area contributed by atoms with Gasteiger partial charge in [-0.1, -0.05) is 12.1 Å². The molecule has 0 aliphatic carbocycles. The third-order valence-corrected chi connectivity index (χ3v) is 5.75. The minimum absolute atomic E-state index is 0.123. The molecule has 0 amide bonds. The van der Waals surface area contributed by atoms with Crippen molar-refractivity contribution in [2.24, 2.45) is 0 Å². The van der Waals surface area contributed by atoms with Crippen LogP contribution in [0.15, 0.2) is 50.6 Å². The Kier molecular flexibility index (Phi) is 4.35. The van der Waals surface area contributed by atoms with Crippen molar-refractivity contribution in [1.82, 2.24) is 9.62 Å². The van der Waals surface area contributed by atoms with Crippen LogP contribution in [-0.2, 0) is 10.0 Å². The van der Waals surface area contributed by atoms with Crippen LogP contribution in [-0.4, -0.2) is 32.4 Å². The molecule has 8 heteroatoms. The van der Waals surface area contributed by atoms with Crippen LogP contribution in [0, 0.1) is 5.82 Å². The van der Waals surface area contributed by atoms with Crippen LogP contribution >= 0.6 is 15.9 Å². The molecule has 1 aliphatic heterocycles. The van der Waals surface area contributed by atoms with E-state index < -0.39 is 16.1 Å². The van der Waals surface area contributed by atoms with Gasteiger partial charge in [-0.15, -0.1) is 0 Å². The van der Waals surface area contributed by atoms with E-state index >= 15 is 0 Å². The minimum atomic E-state index is -3.78. The minimum Gasteiger partial charge on any atom is -0.437 e. The van der Waals surface area contributed by atoms with Crippen molar-refractivity contribution in [2.75, 3.05) is 19.6 Å². The van der Waals surface area contributed by atoms with Crippen molar-refractivity contribution < 1.29 is 17.2 Å². The molecule has 3 rings (SSSR count). The molecule has 1 N–H and O–H groups in total. The lowest BCUT2D eigenvalue weighted by Gasteiger charge is -2.34. The normalized spacial score (nSPS) is 20.2. The number of sulfonamides is 1. The summed E-state index contributed by atoms with van der Waals surface area (Å²) < 4.78 is 45.9. The van der Waals surface area contributed by atoms with Crippen molar-refractivity contribution in [3.05, 3.63) is 52.4 Å². The van der Waals surface area contributed by atoms with Gasteiger partial charge in [0.15, 0.2) is 4.67 Å². The zero-order chi connectivity index (χ0) is 15.7. The Hall–Kier alpha value is -1.22. The summed E-state index contributed by atoms with van der Waals surface area (Å²) in [6.45, 7) is 1.25. The molecule has 1 atom stereocenters. The lowest BCUT2D eigenvalue weighted by Crippen LogP contribution is -2.48. The molecule has 1 aromatic heterocycles. The molecule has 0 saturated carbocycles. The van der Waals surface area contributed by atoms with E-state index in [0.29, 0.717) is 29.9 Å². The highest BCUT2D eigenvalue weighted by molar-refractivity contribution is 9.10. The Bertz CT molecular complexity index is 778. The molecular formula is C14H14BrFN2O3S. The van der Waals surface area contributed by atoms with E-state index in [9.17, 15) is 12.8 Å². The standard InChI is InChI=1S/C14H14BrFN2O3S/c15-13-4-5-14(21-13)22(19,20)18-7-6-17-9-12(18)10-2-1-3-11(16)8-10/h1-5,8,12,17H,6-7,9H2. The molecule has 1 saturated heterocycles. The predicted molar refractivity (Wildman–Crippen MR) is 82.3 cm³/mol. The van der Waals surface area contributed by atoms with Crippen molar-refractivity contribution in [3.63, 3.8) is 0 Å². The van der Waals surface area contributed by atoms with Gasteiger partial charge in [0.25, 0.3) is 10.0 Å². The fourth-order valence-corrected chi connectivity index (χ4v) is 4.47. The van der Waals surface area contributed by atoms with Crippen LogP contribution in [0.3, 0.4) is 0 Å². The number of nitrogens with one attached hydrogen (secondary N) is 1. The number of hydrogen-bond acceptors (Lipinski definition) is 4. The maximum Gasteiger partial charge on any atom is 0.277 e. The lowest BCUT2D eigenvalue weighted by molar-refractivity contribution is 0.263. The summed E-state index contributed by atoms with van der Waals surface area (Å²) in [7, 11) is -3.78. The summed E-state index contributed by atoms with van der Waals surface area (Å²) in [6.07, 6.45) is 0. The number of furan rings is 1. The molecule has 1 aliphatic rings.